The number of ether oxygens (including phenoxy) is 1. The number of nitriles is 1. The molecule has 32 heavy (non-hydrogen) atoms. The van der Waals surface area contributed by atoms with Crippen molar-refractivity contribution in [1.82, 2.24) is 15.5 Å². The molecule has 0 heterocycles. The molecule has 0 aromatic heterocycles. The summed E-state index contributed by atoms with van der Waals surface area (Å²) >= 11 is 0. The van der Waals surface area contributed by atoms with Crippen LogP contribution >= 0.6 is 0 Å². The van der Waals surface area contributed by atoms with Gasteiger partial charge in [0.15, 0.2) is 0 Å². The molecule has 2 unspecified atom stereocenters. The second kappa shape index (κ2) is 12.1. The quantitative estimate of drug-likeness (QED) is 0.566. The fourth-order valence-corrected chi connectivity index (χ4v) is 3.37. The average molecular weight is 445 g/mol. The van der Waals surface area contributed by atoms with E-state index in [1.165, 1.54) is 4.90 Å². The first-order chi connectivity index (χ1) is 14.9. The van der Waals surface area contributed by atoms with Gasteiger partial charge in [0.1, 0.15) is 24.7 Å². The number of carbonyl (C=O) groups excluding carboxylic acids is 3. The number of aryl methyl sites for hydroxylation is 2. The lowest BCUT2D eigenvalue weighted by molar-refractivity contribution is -0.139. The highest BCUT2D eigenvalue weighted by Crippen LogP contribution is 2.26. The molecule has 2 N–H and O–H groups in total. The summed E-state index contributed by atoms with van der Waals surface area (Å²) in [5, 5.41) is 14.8. The monoisotopic (exact) mass is 444 g/mol. The minimum Gasteiger partial charge on any atom is -0.444 e. The molecule has 0 aliphatic rings. The van der Waals surface area contributed by atoms with Gasteiger partial charge in [-0.25, -0.2) is 4.79 Å². The van der Waals surface area contributed by atoms with Crippen LogP contribution in [0.4, 0.5) is 4.79 Å². The van der Waals surface area contributed by atoms with Crippen molar-refractivity contribution in [2.45, 2.75) is 79.0 Å². The minimum atomic E-state index is -0.998. The van der Waals surface area contributed by atoms with Crippen molar-refractivity contribution in [3.8, 4) is 6.07 Å². The molecule has 0 spiro atoms. The van der Waals surface area contributed by atoms with Crippen molar-refractivity contribution in [3.63, 3.8) is 0 Å². The van der Waals surface area contributed by atoms with Gasteiger partial charge in [0.05, 0.1) is 6.07 Å². The van der Waals surface area contributed by atoms with Crippen molar-refractivity contribution in [2.24, 2.45) is 0 Å². The van der Waals surface area contributed by atoms with E-state index in [4.69, 9.17) is 4.74 Å². The van der Waals surface area contributed by atoms with Crippen molar-refractivity contribution < 1.29 is 19.1 Å². The number of hydrogen-bond donors (Lipinski definition) is 2. The summed E-state index contributed by atoms with van der Waals surface area (Å²) in [4.78, 5) is 39.5. The maximum absolute atomic E-state index is 13.3. The summed E-state index contributed by atoms with van der Waals surface area (Å²) < 4.78 is 5.17. The van der Waals surface area contributed by atoms with Gasteiger partial charge in [-0.3, -0.25) is 9.59 Å². The predicted molar refractivity (Wildman–Crippen MR) is 123 cm³/mol. The van der Waals surface area contributed by atoms with Crippen LogP contribution in [0.25, 0.3) is 0 Å². The summed E-state index contributed by atoms with van der Waals surface area (Å²) in [6.45, 7) is 12.2. The summed E-state index contributed by atoms with van der Waals surface area (Å²) in [6, 6.07) is 6.49. The normalized spacial score (nSPS) is 12.8. The Morgan fingerprint density at radius 2 is 1.88 bits per heavy atom. The fraction of sp³-hybridized carbons (Fsp3) is 0.583. The summed E-state index contributed by atoms with van der Waals surface area (Å²) in [7, 11) is 0. The fourth-order valence-electron chi connectivity index (χ4n) is 3.37. The third kappa shape index (κ3) is 8.58. The summed E-state index contributed by atoms with van der Waals surface area (Å²) in [5.74, 6) is -0.917. The van der Waals surface area contributed by atoms with E-state index in [1.54, 1.807) is 26.8 Å². The molecule has 8 nitrogen and oxygen atoms in total. The lowest BCUT2D eigenvalue weighted by atomic mass is 9.96. The van der Waals surface area contributed by atoms with E-state index in [0.29, 0.717) is 5.56 Å². The van der Waals surface area contributed by atoms with Crippen LogP contribution in [0.3, 0.4) is 0 Å². The topological polar surface area (TPSA) is 112 Å². The van der Waals surface area contributed by atoms with Gasteiger partial charge in [-0.2, -0.15) is 5.26 Å². The maximum Gasteiger partial charge on any atom is 0.408 e. The van der Waals surface area contributed by atoms with Gasteiger partial charge < -0.3 is 20.3 Å². The molecule has 0 saturated carbocycles. The highest BCUT2D eigenvalue weighted by atomic mass is 16.6. The Bertz CT molecular complexity index is 855. The summed E-state index contributed by atoms with van der Waals surface area (Å²) in [6.07, 6.45) is 0.945. The molecule has 0 aliphatic carbocycles. The Labute approximate surface area is 191 Å². The van der Waals surface area contributed by atoms with Crippen molar-refractivity contribution in [1.29, 1.82) is 5.26 Å². The number of benzene rings is 1. The van der Waals surface area contributed by atoms with E-state index < -0.39 is 30.2 Å². The van der Waals surface area contributed by atoms with Gasteiger partial charge in [0.2, 0.25) is 11.8 Å². The molecule has 3 amide bonds. The summed E-state index contributed by atoms with van der Waals surface area (Å²) in [5.41, 5.74) is 1.78. The third-order valence-electron chi connectivity index (χ3n) is 4.73. The first-order valence-corrected chi connectivity index (χ1v) is 10.9. The van der Waals surface area contributed by atoms with Crippen LogP contribution in [0.1, 0.15) is 70.2 Å². The predicted octanol–water partition coefficient (Wildman–Crippen LogP) is 3.53. The smallest absolute Gasteiger partial charge is 0.408 e. The van der Waals surface area contributed by atoms with E-state index in [0.717, 1.165) is 24.0 Å². The maximum atomic E-state index is 13.3. The van der Waals surface area contributed by atoms with E-state index in [-0.39, 0.29) is 18.5 Å². The molecule has 1 aromatic rings. The van der Waals surface area contributed by atoms with Crippen LogP contribution in [0.15, 0.2) is 18.2 Å². The van der Waals surface area contributed by atoms with Gasteiger partial charge in [0, 0.05) is 6.04 Å². The van der Waals surface area contributed by atoms with Crippen molar-refractivity contribution in [2.75, 3.05) is 13.1 Å². The second-order valence-corrected chi connectivity index (χ2v) is 9.00. The van der Waals surface area contributed by atoms with E-state index in [2.05, 4.69) is 10.6 Å². The molecular formula is C24H36N4O4. The number of amides is 3. The number of rotatable bonds is 9. The molecule has 0 fully saturated rings. The second-order valence-electron chi connectivity index (χ2n) is 9.00. The van der Waals surface area contributed by atoms with E-state index in [1.807, 2.05) is 45.9 Å². The molecule has 0 saturated heterocycles. The number of alkyl carbamates (subject to hydrolysis) is 1. The first kappa shape index (κ1) is 27.0. The molecule has 1 rings (SSSR count). The van der Waals surface area contributed by atoms with Crippen molar-refractivity contribution >= 4 is 17.9 Å². The average Bonchev–Trinajstić information content (AvgIpc) is 2.66. The van der Waals surface area contributed by atoms with Crippen LogP contribution in [0.5, 0.6) is 0 Å². The van der Waals surface area contributed by atoms with Crippen molar-refractivity contribution in [3.05, 3.63) is 34.9 Å². The molecule has 2 atom stereocenters. The van der Waals surface area contributed by atoms with E-state index >= 15 is 0 Å². The number of hydrogen-bond acceptors (Lipinski definition) is 5. The van der Waals surface area contributed by atoms with Gasteiger partial charge >= 0.3 is 6.09 Å². The van der Waals surface area contributed by atoms with Crippen LogP contribution < -0.4 is 10.6 Å². The standard InChI is InChI=1S/C24H36N4O4/c1-8-9-18(4)27-22(30)21(19-11-10-16(2)14-17(19)3)28(13-12-25)20(29)15-26-23(31)32-24(5,6)7/h10-11,14,18,21H,8-9,13,15H2,1-7H3,(H,26,31)(H,27,30). The highest BCUT2D eigenvalue weighted by Gasteiger charge is 2.33. The molecule has 0 aliphatic heterocycles. The SMILES string of the molecule is CCCC(C)NC(=O)C(c1ccc(C)cc1C)N(CC#N)C(=O)CNC(=O)OC(C)(C)C. The largest absolute Gasteiger partial charge is 0.444 e. The van der Waals surface area contributed by atoms with Crippen LogP contribution in [-0.4, -0.2) is 47.5 Å². The molecule has 0 bridgehead atoms. The minimum absolute atomic E-state index is 0.0836. The Balaban J connectivity index is 3.23. The van der Waals surface area contributed by atoms with Gasteiger partial charge in [-0.05, 0) is 59.1 Å². The Morgan fingerprint density at radius 3 is 2.41 bits per heavy atom. The van der Waals surface area contributed by atoms with Crippen LogP contribution in [0, 0.1) is 25.2 Å². The number of nitrogens with one attached hydrogen (secondary N) is 2. The van der Waals surface area contributed by atoms with Crippen LogP contribution in [-0.2, 0) is 14.3 Å². The lowest BCUT2D eigenvalue weighted by Crippen LogP contribution is -2.49. The highest BCUT2D eigenvalue weighted by molar-refractivity contribution is 5.91. The molecular weight excluding hydrogens is 408 g/mol. The molecule has 1 aromatic carbocycles. The zero-order chi connectivity index (χ0) is 24.5. The zero-order valence-corrected chi connectivity index (χ0v) is 20.2. The van der Waals surface area contributed by atoms with E-state index in [9.17, 15) is 19.6 Å². The Kier molecular flexibility index (Phi) is 10.2. The Hall–Kier alpha value is -3.08. The zero-order valence-electron chi connectivity index (χ0n) is 20.2. The third-order valence-corrected chi connectivity index (χ3v) is 4.73. The molecule has 176 valence electrons. The number of carbonyl (C=O) groups is 3. The van der Waals surface area contributed by atoms with Crippen LogP contribution in [0.2, 0.25) is 0 Å². The van der Waals surface area contributed by atoms with Gasteiger partial charge in [-0.1, -0.05) is 37.1 Å². The van der Waals surface area contributed by atoms with Gasteiger partial charge in [-0.15, -0.1) is 0 Å². The molecule has 8 heteroatoms. The number of nitrogens with zero attached hydrogens (tertiary/aromatic N) is 2. The first-order valence-electron chi connectivity index (χ1n) is 10.9. The van der Waals surface area contributed by atoms with Gasteiger partial charge in [0.25, 0.3) is 0 Å². The molecule has 0 radical (unpaired) electrons. The Morgan fingerprint density at radius 1 is 1.22 bits per heavy atom. The lowest BCUT2D eigenvalue weighted by Gasteiger charge is -2.31.